The van der Waals surface area contributed by atoms with Crippen LogP contribution in [0.2, 0.25) is 0 Å². The third kappa shape index (κ3) is 4.48. The molecule has 2 aromatic rings. The summed E-state index contributed by atoms with van der Waals surface area (Å²) in [6.45, 7) is 4.44. The number of hydrogen-bond acceptors (Lipinski definition) is 4. The molecule has 1 N–H and O–H groups in total. The van der Waals surface area contributed by atoms with E-state index < -0.39 is 0 Å². The summed E-state index contributed by atoms with van der Waals surface area (Å²) in [5, 5.41) is 2.87. The molecule has 0 atom stereocenters. The molecule has 3 rings (SSSR count). The van der Waals surface area contributed by atoms with Gasteiger partial charge in [0, 0.05) is 9.26 Å². The second kappa shape index (κ2) is 8.26. The summed E-state index contributed by atoms with van der Waals surface area (Å²) in [7, 11) is 0. The molecule has 1 fully saturated rings. The van der Waals surface area contributed by atoms with Crippen molar-refractivity contribution < 1.29 is 9.59 Å². The first-order valence-corrected chi connectivity index (χ1v) is 10.2. The number of carbonyl (C=O) groups is 2. The zero-order valence-electron chi connectivity index (χ0n) is 14.5. The van der Waals surface area contributed by atoms with Gasteiger partial charge in [-0.05, 0) is 81.7 Å². The minimum atomic E-state index is -0.258. The molecule has 1 aliphatic rings. The third-order valence-corrected chi connectivity index (χ3v) is 5.69. The average molecular weight is 478 g/mol. The summed E-state index contributed by atoms with van der Waals surface area (Å²) in [6.07, 6.45) is 1.78. The lowest BCUT2D eigenvalue weighted by Gasteiger charge is -2.14. The van der Waals surface area contributed by atoms with Gasteiger partial charge in [0.25, 0.3) is 11.1 Å². The number of nitrogens with zero attached hydrogens (tertiary/aromatic N) is 1. The van der Waals surface area contributed by atoms with E-state index in [-0.39, 0.29) is 17.8 Å². The summed E-state index contributed by atoms with van der Waals surface area (Å²) in [4.78, 5) is 26.4. The minimum absolute atomic E-state index is 0.162. The smallest absolute Gasteiger partial charge is 0.295 e. The first kappa shape index (κ1) is 19.0. The summed E-state index contributed by atoms with van der Waals surface area (Å²) < 4.78 is 1.13. The average Bonchev–Trinajstić information content (AvgIpc) is 2.88. The van der Waals surface area contributed by atoms with Gasteiger partial charge in [0.05, 0.1) is 11.6 Å². The summed E-state index contributed by atoms with van der Waals surface area (Å²) in [6, 6.07) is 15.9. The van der Waals surface area contributed by atoms with Gasteiger partial charge in [-0.1, -0.05) is 38.1 Å². The Morgan fingerprint density at radius 2 is 1.73 bits per heavy atom. The van der Waals surface area contributed by atoms with Gasteiger partial charge in [-0.3, -0.25) is 14.5 Å². The van der Waals surface area contributed by atoms with Crippen LogP contribution in [0, 0.1) is 3.57 Å². The molecular formula is C20H19IN2O2S. The van der Waals surface area contributed by atoms with E-state index in [1.807, 2.05) is 36.4 Å². The predicted octanol–water partition coefficient (Wildman–Crippen LogP) is 5.52. The number of imide groups is 1. The van der Waals surface area contributed by atoms with E-state index in [0.717, 1.165) is 26.6 Å². The number of nitrogens with one attached hydrogen (secondary N) is 1. The largest absolute Gasteiger partial charge is 0.367 e. The molecule has 2 aromatic carbocycles. The van der Waals surface area contributed by atoms with E-state index in [2.05, 4.69) is 53.9 Å². The number of halogens is 1. The number of thioether (sulfide) groups is 1. The van der Waals surface area contributed by atoms with Crippen LogP contribution in [0.4, 0.5) is 10.5 Å². The maximum atomic E-state index is 12.5. The first-order chi connectivity index (χ1) is 12.4. The normalized spacial score (nSPS) is 16.0. The topological polar surface area (TPSA) is 49.4 Å². The zero-order chi connectivity index (χ0) is 18.7. The Hall–Kier alpha value is -1.80. The van der Waals surface area contributed by atoms with Crippen molar-refractivity contribution in [1.82, 2.24) is 4.90 Å². The number of benzene rings is 2. The molecule has 0 aromatic heterocycles. The second-order valence-electron chi connectivity index (χ2n) is 6.27. The van der Waals surface area contributed by atoms with Gasteiger partial charge in [0.1, 0.15) is 0 Å². The number of amides is 2. The molecular weight excluding hydrogens is 459 g/mol. The third-order valence-electron chi connectivity index (χ3n) is 4.06. The Bertz CT molecular complexity index is 845. The van der Waals surface area contributed by atoms with E-state index in [4.69, 9.17) is 0 Å². The minimum Gasteiger partial charge on any atom is -0.367 e. The Balaban J connectivity index is 1.68. The van der Waals surface area contributed by atoms with Crippen LogP contribution in [0.5, 0.6) is 0 Å². The standard InChI is InChI=1S/C20H19IN2O2S/c1-13(2)15-5-3-14(4-6-15)11-18-19(24)23(20(25)26-18)12-22-17-9-7-16(21)8-10-17/h3-11,13,22H,12H2,1-2H3/b18-11+. The van der Waals surface area contributed by atoms with Crippen molar-refractivity contribution in [2.24, 2.45) is 0 Å². The van der Waals surface area contributed by atoms with Crippen LogP contribution in [0.25, 0.3) is 6.08 Å². The highest BCUT2D eigenvalue weighted by Gasteiger charge is 2.34. The molecule has 4 nitrogen and oxygen atoms in total. The molecule has 1 saturated heterocycles. The Kier molecular flexibility index (Phi) is 6.03. The number of carbonyl (C=O) groups excluding carboxylic acids is 2. The van der Waals surface area contributed by atoms with Crippen molar-refractivity contribution in [1.29, 1.82) is 0 Å². The number of hydrogen-bond donors (Lipinski definition) is 1. The molecule has 2 amide bonds. The lowest BCUT2D eigenvalue weighted by molar-refractivity contribution is -0.122. The van der Waals surface area contributed by atoms with Gasteiger partial charge in [-0.2, -0.15) is 0 Å². The maximum Gasteiger partial charge on any atom is 0.295 e. The van der Waals surface area contributed by atoms with Crippen molar-refractivity contribution in [3.63, 3.8) is 0 Å². The maximum absolute atomic E-state index is 12.5. The van der Waals surface area contributed by atoms with E-state index in [0.29, 0.717) is 10.8 Å². The first-order valence-electron chi connectivity index (χ1n) is 8.29. The van der Waals surface area contributed by atoms with Crippen LogP contribution < -0.4 is 5.32 Å². The molecule has 0 unspecified atom stereocenters. The second-order valence-corrected chi connectivity index (χ2v) is 8.51. The van der Waals surface area contributed by atoms with Gasteiger partial charge in [-0.25, -0.2) is 0 Å². The van der Waals surface area contributed by atoms with Gasteiger partial charge < -0.3 is 5.32 Å². The molecule has 134 valence electrons. The van der Waals surface area contributed by atoms with E-state index >= 15 is 0 Å². The molecule has 0 bridgehead atoms. The van der Waals surface area contributed by atoms with E-state index in [1.54, 1.807) is 6.08 Å². The Morgan fingerprint density at radius 1 is 1.08 bits per heavy atom. The number of rotatable bonds is 5. The lowest BCUT2D eigenvalue weighted by Crippen LogP contribution is -2.33. The van der Waals surface area contributed by atoms with E-state index in [9.17, 15) is 9.59 Å². The molecule has 26 heavy (non-hydrogen) atoms. The molecule has 1 heterocycles. The van der Waals surface area contributed by atoms with Gasteiger partial charge >= 0.3 is 0 Å². The van der Waals surface area contributed by atoms with Crippen LogP contribution in [0.3, 0.4) is 0 Å². The Labute approximate surface area is 171 Å². The van der Waals surface area contributed by atoms with Crippen molar-refractivity contribution >= 4 is 57.3 Å². The van der Waals surface area contributed by atoms with Crippen LogP contribution >= 0.6 is 34.4 Å². The molecule has 0 radical (unpaired) electrons. The fraction of sp³-hybridized carbons (Fsp3) is 0.200. The highest BCUT2D eigenvalue weighted by molar-refractivity contribution is 14.1. The van der Waals surface area contributed by atoms with E-state index in [1.165, 1.54) is 10.5 Å². The molecule has 0 spiro atoms. The van der Waals surface area contributed by atoms with Gasteiger partial charge in [-0.15, -0.1) is 0 Å². The zero-order valence-corrected chi connectivity index (χ0v) is 17.5. The van der Waals surface area contributed by atoms with Crippen molar-refractivity contribution in [2.45, 2.75) is 19.8 Å². The quantitative estimate of drug-likeness (QED) is 0.454. The fourth-order valence-electron chi connectivity index (χ4n) is 2.50. The van der Waals surface area contributed by atoms with Crippen molar-refractivity contribution in [3.8, 4) is 0 Å². The van der Waals surface area contributed by atoms with Crippen LogP contribution in [0.15, 0.2) is 53.4 Å². The highest BCUT2D eigenvalue weighted by Crippen LogP contribution is 2.32. The van der Waals surface area contributed by atoms with Crippen molar-refractivity contribution in [3.05, 3.63) is 68.1 Å². The van der Waals surface area contributed by atoms with Crippen LogP contribution in [-0.4, -0.2) is 22.7 Å². The van der Waals surface area contributed by atoms with Gasteiger partial charge in [0.2, 0.25) is 0 Å². The lowest BCUT2D eigenvalue weighted by atomic mass is 10.0. The SMILES string of the molecule is CC(C)c1ccc(/C=C2/SC(=O)N(CNc3ccc(I)cc3)C2=O)cc1. The van der Waals surface area contributed by atoms with Gasteiger partial charge in [0.15, 0.2) is 0 Å². The predicted molar refractivity (Wildman–Crippen MR) is 116 cm³/mol. The molecule has 0 aliphatic carbocycles. The molecule has 1 aliphatic heterocycles. The summed E-state index contributed by atoms with van der Waals surface area (Å²) in [5.74, 6) is 0.203. The highest BCUT2D eigenvalue weighted by atomic mass is 127. The molecule has 6 heteroatoms. The molecule has 0 saturated carbocycles. The number of anilines is 1. The summed E-state index contributed by atoms with van der Waals surface area (Å²) >= 11 is 3.21. The fourth-order valence-corrected chi connectivity index (χ4v) is 3.70. The van der Waals surface area contributed by atoms with Crippen molar-refractivity contribution in [2.75, 3.05) is 12.0 Å². The van der Waals surface area contributed by atoms with Crippen LogP contribution in [0.1, 0.15) is 30.9 Å². The summed E-state index contributed by atoms with van der Waals surface area (Å²) in [5.41, 5.74) is 3.04. The monoisotopic (exact) mass is 478 g/mol. The van der Waals surface area contributed by atoms with Crippen LogP contribution in [-0.2, 0) is 4.79 Å². The Morgan fingerprint density at radius 3 is 2.35 bits per heavy atom.